The molecule has 4 nitrogen and oxygen atoms in total. The maximum atomic E-state index is 13.4. The van der Waals surface area contributed by atoms with E-state index in [4.69, 9.17) is 0 Å². The normalized spacial score (nSPS) is 14.7. The van der Waals surface area contributed by atoms with Gasteiger partial charge in [0.2, 0.25) is 0 Å². The molecule has 6 heteroatoms. The van der Waals surface area contributed by atoms with Gasteiger partial charge in [0.05, 0.1) is 8.49 Å². The highest BCUT2D eigenvalue weighted by molar-refractivity contribution is 14.1. The summed E-state index contributed by atoms with van der Waals surface area (Å²) in [6, 6.07) is 2.46. The van der Waals surface area contributed by atoms with E-state index in [-0.39, 0.29) is 14.9 Å². The molecule has 1 aliphatic carbocycles. The van der Waals surface area contributed by atoms with Gasteiger partial charge in [0.1, 0.15) is 11.5 Å². The molecule has 0 bridgehead atoms. The van der Waals surface area contributed by atoms with Gasteiger partial charge in [0, 0.05) is 18.7 Å². The summed E-state index contributed by atoms with van der Waals surface area (Å²) in [6.07, 6.45) is 3.47. The van der Waals surface area contributed by atoms with Gasteiger partial charge >= 0.3 is 0 Å². The molecule has 2 rings (SSSR count). The topological polar surface area (TPSA) is 55.2 Å². The maximum absolute atomic E-state index is 13.4. The minimum atomic E-state index is -0.485. The van der Waals surface area contributed by atoms with Crippen molar-refractivity contribution < 1.29 is 9.31 Å². The Labute approximate surface area is 112 Å². The summed E-state index contributed by atoms with van der Waals surface area (Å²) in [5.41, 5.74) is 0.208. The predicted octanol–water partition coefficient (Wildman–Crippen LogP) is 3.55. The lowest BCUT2D eigenvalue weighted by Gasteiger charge is -2.07. The van der Waals surface area contributed by atoms with E-state index in [9.17, 15) is 14.5 Å². The number of rotatable bonds is 5. The highest BCUT2D eigenvalue weighted by atomic mass is 127. The Bertz CT molecular complexity index is 449. The first-order valence-electron chi connectivity index (χ1n) is 5.45. The first-order chi connectivity index (χ1) is 8.08. The fourth-order valence-corrected chi connectivity index (χ4v) is 2.10. The number of hydrogen-bond acceptors (Lipinski definition) is 3. The van der Waals surface area contributed by atoms with E-state index in [2.05, 4.69) is 5.32 Å². The number of nitro benzene ring substituents is 1. The van der Waals surface area contributed by atoms with Crippen LogP contribution < -0.4 is 5.32 Å². The van der Waals surface area contributed by atoms with E-state index in [1.54, 1.807) is 22.6 Å². The molecule has 1 aromatic rings. The van der Waals surface area contributed by atoms with Crippen LogP contribution in [0.1, 0.15) is 19.3 Å². The number of hydrogen-bond donors (Lipinski definition) is 1. The summed E-state index contributed by atoms with van der Waals surface area (Å²) in [7, 11) is 0. The highest BCUT2D eigenvalue weighted by Gasteiger charge is 2.21. The second-order valence-electron chi connectivity index (χ2n) is 4.20. The average Bonchev–Trinajstić information content (AvgIpc) is 3.06. The molecule has 0 aliphatic heterocycles. The second kappa shape index (κ2) is 5.16. The fourth-order valence-electron chi connectivity index (χ4n) is 1.65. The third-order valence-electron chi connectivity index (χ3n) is 2.80. The van der Waals surface area contributed by atoms with Crippen molar-refractivity contribution >= 4 is 34.0 Å². The van der Waals surface area contributed by atoms with Gasteiger partial charge in [0.15, 0.2) is 0 Å². The molecule has 0 radical (unpaired) electrons. The van der Waals surface area contributed by atoms with Crippen molar-refractivity contribution in [2.45, 2.75) is 19.3 Å². The van der Waals surface area contributed by atoms with Gasteiger partial charge in [-0.05, 0) is 34.9 Å². The summed E-state index contributed by atoms with van der Waals surface area (Å²) in [5.74, 6) is 0.320. The number of benzene rings is 1. The zero-order valence-corrected chi connectivity index (χ0v) is 11.2. The lowest BCUT2D eigenvalue weighted by molar-refractivity contribution is -0.384. The van der Waals surface area contributed by atoms with E-state index >= 15 is 0 Å². The Kier molecular flexibility index (Phi) is 3.80. The van der Waals surface area contributed by atoms with E-state index in [0.29, 0.717) is 6.54 Å². The van der Waals surface area contributed by atoms with Gasteiger partial charge in [-0.25, -0.2) is 4.39 Å². The van der Waals surface area contributed by atoms with E-state index in [1.807, 2.05) is 0 Å². The first-order valence-corrected chi connectivity index (χ1v) is 6.53. The van der Waals surface area contributed by atoms with Crippen LogP contribution in [0.3, 0.4) is 0 Å². The molecule has 1 aromatic carbocycles. The van der Waals surface area contributed by atoms with Crippen molar-refractivity contribution in [2.75, 3.05) is 11.9 Å². The molecule has 1 aliphatic rings. The lowest BCUT2D eigenvalue weighted by atomic mass is 10.2. The quantitative estimate of drug-likeness (QED) is 0.502. The van der Waals surface area contributed by atoms with Gasteiger partial charge in [0.25, 0.3) is 5.69 Å². The first kappa shape index (κ1) is 12.5. The SMILES string of the molecule is O=[N+]([O-])c1cc(I)c(F)cc1NCCC1CC1. The van der Waals surface area contributed by atoms with Gasteiger partial charge in [-0.2, -0.15) is 0 Å². The van der Waals surface area contributed by atoms with E-state index < -0.39 is 10.7 Å². The third kappa shape index (κ3) is 3.27. The molecule has 0 aromatic heterocycles. The molecule has 0 saturated heterocycles. The lowest BCUT2D eigenvalue weighted by Crippen LogP contribution is -2.06. The van der Waals surface area contributed by atoms with Crippen LogP contribution in [0, 0.1) is 25.4 Å². The average molecular weight is 350 g/mol. The molecule has 0 atom stereocenters. The van der Waals surface area contributed by atoms with Gasteiger partial charge in [-0.1, -0.05) is 12.8 Å². The Morgan fingerprint density at radius 2 is 2.24 bits per heavy atom. The van der Waals surface area contributed by atoms with Gasteiger partial charge in [-0.15, -0.1) is 0 Å². The molecular formula is C11H12FIN2O2. The van der Waals surface area contributed by atoms with Crippen molar-refractivity contribution in [2.24, 2.45) is 5.92 Å². The molecule has 1 fully saturated rings. The third-order valence-corrected chi connectivity index (χ3v) is 3.63. The van der Waals surface area contributed by atoms with Crippen LogP contribution in [-0.4, -0.2) is 11.5 Å². The van der Waals surface area contributed by atoms with Crippen LogP contribution in [0.15, 0.2) is 12.1 Å². The molecule has 17 heavy (non-hydrogen) atoms. The Morgan fingerprint density at radius 1 is 1.53 bits per heavy atom. The van der Waals surface area contributed by atoms with Crippen LogP contribution in [-0.2, 0) is 0 Å². The highest BCUT2D eigenvalue weighted by Crippen LogP contribution is 2.33. The Balaban J connectivity index is 2.11. The molecule has 0 spiro atoms. The molecule has 1 N–H and O–H groups in total. The number of nitrogens with zero attached hydrogens (tertiary/aromatic N) is 1. The summed E-state index contributed by atoms with van der Waals surface area (Å²) in [6.45, 7) is 0.658. The van der Waals surface area contributed by atoms with Crippen molar-refractivity contribution in [3.63, 3.8) is 0 Å². The minimum Gasteiger partial charge on any atom is -0.379 e. The van der Waals surface area contributed by atoms with Crippen LogP contribution in [0.4, 0.5) is 15.8 Å². The van der Waals surface area contributed by atoms with Crippen LogP contribution >= 0.6 is 22.6 Å². The fraction of sp³-hybridized carbons (Fsp3) is 0.455. The van der Waals surface area contributed by atoms with Crippen molar-refractivity contribution in [3.05, 3.63) is 31.6 Å². The van der Waals surface area contributed by atoms with Crippen LogP contribution in [0.5, 0.6) is 0 Å². The second-order valence-corrected chi connectivity index (χ2v) is 5.36. The zero-order valence-electron chi connectivity index (χ0n) is 9.08. The number of halogens is 2. The molecule has 92 valence electrons. The maximum Gasteiger partial charge on any atom is 0.293 e. The van der Waals surface area contributed by atoms with E-state index in [0.717, 1.165) is 12.3 Å². The van der Waals surface area contributed by atoms with Crippen LogP contribution in [0.25, 0.3) is 0 Å². The van der Waals surface area contributed by atoms with Crippen LogP contribution in [0.2, 0.25) is 0 Å². The summed E-state index contributed by atoms with van der Waals surface area (Å²) in [5, 5.41) is 13.8. The monoisotopic (exact) mass is 350 g/mol. The number of anilines is 1. The standard InChI is InChI=1S/C11H12FIN2O2/c12-8-5-10(14-4-3-7-1-2-7)11(15(16)17)6-9(8)13/h5-7,14H,1-4H2. The molecular weight excluding hydrogens is 338 g/mol. The molecule has 0 heterocycles. The molecule has 1 saturated carbocycles. The molecule has 0 unspecified atom stereocenters. The molecule has 0 amide bonds. The number of nitro groups is 1. The summed E-state index contributed by atoms with van der Waals surface area (Å²) < 4.78 is 13.6. The van der Waals surface area contributed by atoms with Crippen molar-refractivity contribution in [3.8, 4) is 0 Å². The summed E-state index contributed by atoms with van der Waals surface area (Å²) in [4.78, 5) is 10.3. The zero-order chi connectivity index (χ0) is 12.4. The Hall–Kier alpha value is -0.920. The van der Waals surface area contributed by atoms with Gasteiger partial charge < -0.3 is 5.32 Å². The van der Waals surface area contributed by atoms with Crippen molar-refractivity contribution in [1.29, 1.82) is 0 Å². The largest absolute Gasteiger partial charge is 0.379 e. The van der Waals surface area contributed by atoms with Crippen molar-refractivity contribution in [1.82, 2.24) is 0 Å². The predicted molar refractivity (Wildman–Crippen MR) is 71.6 cm³/mol. The van der Waals surface area contributed by atoms with E-state index in [1.165, 1.54) is 25.0 Å². The summed E-state index contributed by atoms with van der Waals surface area (Å²) >= 11 is 1.75. The minimum absolute atomic E-state index is 0.0633. The van der Waals surface area contributed by atoms with Gasteiger partial charge in [-0.3, -0.25) is 10.1 Å². The smallest absolute Gasteiger partial charge is 0.293 e. The Morgan fingerprint density at radius 3 is 2.82 bits per heavy atom. The number of nitrogens with one attached hydrogen (secondary N) is 1.